The molecule has 0 radical (unpaired) electrons. The monoisotopic (exact) mass is 390 g/mol. The summed E-state index contributed by atoms with van der Waals surface area (Å²) < 4.78 is 9.99. The van der Waals surface area contributed by atoms with Crippen LogP contribution in [0.15, 0.2) is 48.5 Å². The van der Waals surface area contributed by atoms with Gasteiger partial charge in [0, 0.05) is 5.92 Å². The van der Waals surface area contributed by atoms with Gasteiger partial charge >= 0.3 is 12.1 Å². The third-order valence-corrected chi connectivity index (χ3v) is 4.70. The van der Waals surface area contributed by atoms with Crippen LogP contribution in [0.25, 0.3) is 11.1 Å². The van der Waals surface area contributed by atoms with Crippen molar-refractivity contribution in [1.82, 2.24) is 5.32 Å². The predicted molar refractivity (Wildman–Crippen MR) is 105 cm³/mol. The molecule has 0 fully saturated rings. The average Bonchev–Trinajstić information content (AvgIpc) is 2.99. The predicted octanol–water partition coefficient (Wildman–Crippen LogP) is 2.84. The number of ether oxygens (including phenoxy) is 2. The fourth-order valence-corrected chi connectivity index (χ4v) is 3.26. The van der Waals surface area contributed by atoms with E-state index in [0.29, 0.717) is 0 Å². The van der Waals surface area contributed by atoms with Crippen molar-refractivity contribution < 1.29 is 19.1 Å². The molecule has 2 atom stereocenters. The first-order chi connectivity index (χ1) is 12.5. The van der Waals surface area contributed by atoms with Crippen LogP contribution >= 0.6 is 12.4 Å². The minimum Gasteiger partial charge on any atom is -0.468 e. The van der Waals surface area contributed by atoms with Gasteiger partial charge in [0.1, 0.15) is 12.6 Å². The molecule has 0 spiro atoms. The molecule has 27 heavy (non-hydrogen) atoms. The molecule has 7 heteroatoms. The smallest absolute Gasteiger partial charge is 0.407 e. The van der Waals surface area contributed by atoms with Crippen LogP contribution in [0.5, 0.6) is 0 Å². The Morgan fingerprint density at radius 3 is 2.11 bits per heavy atom. The van der Waals surface area contributed by atoms with Gasteiger partial charge in [0.05, 0.1) is 13.2 Å². The van der Waals surface area contributed by atoms with E-state index >= 15 is 0 Å². The Bertz CT molecular complexity index is 782. The van der Waals surface area contributed by atoms with Crippen molar-refractivity contribution in [3.63, 3.8) is 0 Å². The molecule has 3 rings (SSSR count). The number of nitrogens with one attached hydrogen (secondary N) is 1. The lowest BCUT2D eigenvalue weighted by Crippen LogP contribution is -2.50. The molecule has 0 heterocycles. The molecule has 3 N–H and O–H groups in total. The Kier molecular flexibility index (Phi) is 6.82. The van der Waals surface area contributed by atoms with Crippen LogP contribution < -0.4 is 11.1 Å². The molecule has 0 saturated carbocycles. The summed E-state index contributed by atoms with van der Waals surface area (Å²) in [5.74, 6) is -0.603. The fraction of sp³-hybridized carbons (Fsp3) is 0.300. The van der Waals surface area contributed by atoms with Crippen molar-refractivity contribution in [2.45, 2.75) is 24.9 Å². The summed E-state index contributed by atoms with van der Waals surface area (Å²) in [6.45, 7) is 1.84. The zero-order valence-electron chi connectivity index (χ0n) is 15.2. The van der Waals surface area contributed by atoms with E-state index in [0.717, 1.165) is 22.3 Å². The number of halogens is 1. The highest BCUT2D eigenvalue weighted by molar-refractivity contribution is 5.85. The van der Waals surface area contributed by atoms with Crippen molar-refractivity contribution in [3.8, 4) is 11.1 Å². The number of nitrogens with two attached hydrogens (primary N) is 1. The summed E-state index contributed by atoms with van der Waals surface area (Å²) in [7, 11) is 1.25. The fourth-order valence-electron chi connectivity index (χ4n) is 3.26. The van der Waals surface area contributed by atoms with Crippen LogP contribution in [0.3, 0.4) is 0 Å². The Balaban J connectivity index is 0.00000261. The van der Waals surface area contributed by atoms with Crippen molar-refractivity contribution in [2.24, 2.45) is 5.73 Å². The quantitative estimate of drug-likeness (QED) is 0.766. The van der Waals surface area contributed by atoms with Crippen molar-refractivity contribution in [1.29, 1.82) is 0 Å². The number of hydrogen-bond donors (Lipinski definition) is 2. The van der Waals surface area contributed by atoms with E-state index in [1.54, 1.807) is 6.92 Å². The second-order valence-corrected chi connectivity index (χ2v) is 6.31. The molecule has 1 aliphatic rings. The standard InChI is InChI=1S/C20H22N2O4.ClH/c1-12(18(21)19(23)25-2)22-20(24)26-11-17-15-9-5-3-7-13(15)14-8-4-6-10-16(14)17;/h3-10,12,17-18H,11,21H2,1-2H3,(H,22,24);1H/t12-,18-;/m0./s1. The van der Waals surface area contributed by atoms with Crippen LogP contribution in [0.2, 0.25) is 0 Å². The minimum absolute atomic E-state index is 0. The largest absolute Gasteiger partial charge is 0.468 e. The molecule has 2 aromatic carbocycles. The Labute approximate surface area is 164 Å². The highest BCUT2D eigenvalue weighted by Crippen LogP contribution is 2.44. The van der Waals surface area contributed by atoms with Crippen LogP contribution in [-0.2, 0) is 14.3 Å². The van der Waals surface area contributed by atoms with Gasteiger partial charge < -0.3 is 20.5 Å². The number of hydrogen-bond acceptors (Lipinski definition) is 5. The van der Waals surface area contributed by atoms with Crippen LogP contribution in [0.1, 0.15) is 24.0 Å². The van der Waals surface area contributed by atoms with Gasteiger partial charge in [-0.3, -0.25) is 4.79 Å². The highest BCUT2D eigenvalue weighted by Gasteiger charge is 2.29. The molecule has 144 valence electrons. The molecular weight excluding hydrogens is 368 g/mol. The molecule has 0 aromatic heterocycles. The minimum atomic E-state index is -0.944. The van der Waals surface area contributed by atoms with Gasteiger partial charge in [0.2, 0.25) is 0 Å². The molecule has 1 amide bonds. The number of alkyl carbamates (subject to hydrolysis) is 1. The van der Waals surface area contributed by atoms with Crippen LogP contribution in [0, 0.1) is 0 Å². The van der Waals surface area contributed by atoms with E-state index < -0.39 is 24.1 Å². The molecular formula is C20H23ClN2O4. The molecule has 0 unspecified atom stereocenters. The van der Waals surface area contributed by atoms with E-state index in [2.05, 4.69) is 34.3 Å². The lowest BCUT2D eigenvalue weighted by atomic mass is 9.98. The average molecular weight is 391 g/mol. The summed E-state index contributed by atoms with van der Waals surface area (Å²) in [6, 6.07) is 14.7. The topological polar surface area (TPSA) is 90.6 Å². The Morgan fingerprint density at radius 2 is 1.59 bits per heavy atom. The lowest BCUT2D eigenvalue weighted by Gasteiger charge is -2.20. The van der Waals surface area contributed by atoms with Gasteiger partial charge in [-0.25, -0.2) is 4.79 Å². The molecule has 0 saturated heterocycles. The zero-order chi connectivity index (χ0) is 18.7. The second-order valence-electron chi connectivity index (χ2n) is 6.31. The molecule has 2 aromatic rings. The SMILES string of the molecule is COC(=O)[C@@H](N)[C@H](C)NC(=O)OCC1c2ccccc2-c2ccccc21.Cl. The Hall–Kier alpha value is -2.57. The second kappa shape index (κ2) is 8.88. The summed E-state index contributed by atoms with van der Waals surface area (Å²) in [4.78, 5) is 23.5. The number of carbonyl (C=O) groups excluding carboxylic acids is 2. The van der Waals surface area contributed by atoms with Gasteiger partial charge in [-0.1, -0.05) is 48.5 Å². The molecule has 0 aliphatic heterocycles. The molecule has 6 nitrogen and oxygen atoms in total. The van der Waals surface area contributed by atoms with Crippen LogP contribution in [-0.4, -0.2) is 37.9 Å². The first-order valence-electron chi connectivity index (χ1n) is 8.48. The maximum Gasteiger partial charge on any atom is 0.407 e. The van der Waals surface area contributed by atoms with E-state index in [-0.39, 0.29) is 24.9 Å². The van der Waals surface area contributed by atoms with E-state index in [1.807, 2.05) is 24.3 Å². The van der Waals surface area contributed by atoms with Gasteiger partial charge in [-0.15, -0.1) is 12.4 Å². The van der Waals surface area contributed by atoms with E-state index in [1.165, 1.54) is 7.11 Å². The molecule has 0 bridgehead atoms. The van der Waals surface area contributed by atoms with Gasteiger partial charge in [0.25, 0.3) is 0 Å². The van der Waals surface area contributed by atoms with E-state index in [9.17, 15) is 9.59 Å². The Morgan fingerprint density at radius 1 is 1.07 bits per heavy atom. The zero-order valence-corrected chi connectivity index (χ0v) is 16.0. The summed E-state index contributed by atoms with van der Waals surface area (Å²) in [6.07, 6.45) is -0.612. The van der Waals surface area contributed by atoms with Gasteiger partial charge in [-0.2, -0.15) is 0 Å². The lowest BCUT2D eigenvalue weighted by molar-refractivity contribution is -0.142. The first-order valence-corrected chi connectivity index (χ1v) is 8.48. The number of benzene rings is 2. The summed E-state index contributed by atoms with van der Waals surface area (Å²) >= 11 is 0. The normalized spacial score (nSPS) is 14.2. The number of fused-ring (bicyclic) bond motifs is 3. The van der Waals surface area contributed by atoms with Crippen molar-refractivity contribution in [2.75, 3.05) is 13.7 Å². The number of carbonyl (C=O) groups is 2. The number of esters is 1. The maximum atomic E-state index is 12.1. The first kappa shape index (κ1) is 20.7. The van der Waals surface area contributed by atoms with E-state index in [4.69, 9.17) is 10.5 Å². The summed E-state index contributed by atoms with van der Waals surface area (Å²) in [5.41, 5.74) is 10.3. The van der Waals surface area contributed by atoms with Crippen molar-refractivity contribution >= 4 is 24.5 Å². The molecule has 1 aliphatic carbocycles. The van der Waals surface area contributed by atoms with Crippen LogP contribution in [0.4, 0.5) is 4.79 Å². The van der Waals surface area contributed by atoms with Gasteiger partial charge in [0.15, 0.2) is 0 Å². The number of methoxy groups -OCH3 is 1. The third kappa shape index (κ3) is 4.23. The third-order valence-electron chi connectivity index (χ3n) is 4.70. The summed E-state index contributed by atoms with van der Waals surface area (Å²) in [5, 5.41) is 2.58. The van der Waals surface area contributed by atoms with Gasteiger partial charge in [-0.05, 0) is 29.2 Å². The highest BCUT2D eigenvalue weighted by atomic mass is 35.5. The maximum absolute atomic E-state index is 12.1. The van der Waals surface area contributed by atoms with Crippen molar-refractivity contribution in [3.05, 3.63) is 59.7 Å². The number of rotatable bonds is 5. The number of amides is 1.